The van der Waals surface area contributed by atoms with E-state index in [9.17, 15) is 0 Å². The van der Waals surface area contributed by atoms with Gasteiger partial charge in [0.1, 0.15) is 0 Å². The summed E-state index contributed by atoms with van der Waals surface area (Å²) in [5, 5.41) is 10.6. The summed E-state index contributed by atoms with van der Waals surface area (Å²) in [6.45, 7) is 2.59. The van der Waals surface area contributed by atoms with Crippen LogP contribution in [0.2, 0.25) is 0 Å². The van der Waals surface area contributed by atoms with Crippen molar-refractivity contribution < 1.29 is 4.74 Å². The molecule has 1 atom stereocenters. The number of hydrogen-bond donors (Lipinski definition) is 2. The fourth-order valence-corrected chi connectivity index (χ4v) is 2.38. The van der Waals surface area contributed by atoms with Crippen molar-refractivity contribution in [1.82, 2.24) is 20.5 Å². The molecule has 0 saturated carbocycles. The number of H-pyrrole nitrogens is 1. The summed E-state index contributed by atoms with van der Waals surface area (Å²) < 4.78 is 5.59. The van der Waals surface area contributed by atoms with E-state index in [0.717, 1.165) is 42.9 Å². The largest absolute Gasteiger partial charge is 0.377 e. The van der Waals surface area contributed by atoms with Crippen molar-refractivity contribution in [2.24, 2.45) is 0 Å². The molecule has 1 aliphatic heterocycles. The molecule has 1 saturated heterocycles. The first-order valence-electron chi connectivity index (χ1n) is 6.68. The molecule has 0 amide bonds. The van der Waals surface area contributed by atoms with E-state index in [1.807, 2.05) is 24.5 Å². The molecule has 3 rings (SSSR count). The molecule has 2 aromatic heterocycles. The molecule has 0 aliphatic carbocycles. The minimum atomic E-state index is 0.369. The van der Waals surface area contributed by atoms with Crippen molar-refractivity contribution in [2.45, 2.75) is 25.5 Å². The van der Waals surface area contributed by atoms with E-state index in [4.69, 9.17) is 4.74 Å². The summed E-state index contributed by atoms with van der Waals surface area (Å²) in [5.41, 5.74) is 3.26. The number of aromatic amines is 1. The van der Waals surface area contributed by atoms with Crippen LogP contribution in [0.25, 0.3) is 11.3 Å². The summed E-state index contributed by atoms with van der Waals surface area (Å²) in [4.78, 5) is 4.14. The van der Waals surface area contributed by atoms with Gasteiger partial charge in [-0.05, 0) is 25.0 Å². The molecule has 2 N–H and O–H groups in total. The fourth-order valence-electron chi connectivity index (χ4n) is 2.38. The van der Waals surface area contributed by atoms with E-state index in [1.165, 1.54) is 6.42 Å². The molecule has 5 heteroatoms. The highest BCUT2D eigenvalue weighted by Crippen LogP contribution is 2.19. The Morgan fingerprint density at radius 2 is 2.42 bits per heavy atom. The van der Waals surface area contributed by atoms with Gasteiger partial charge in [-0.2, -0.15) is 5.10 Å². The van der Waals surface area contributed by atoms with Gasteiger partial charge >= 0.3 is 0 Å². The van der Waals surface area contributed by atoms with E-state index in [0.29, 0.717) is 6.10 Å². The van der Waals surface area contributed by atoms with Crippen LogP contribution < -0.4 is 5.32 Å². The predicted molar refractivity (Wildman–Crippen MR) is 72.5 cm³/mol. The number of nitrogens with one attached hydrogen (secondary N) is 2. The highest BCUT2D eigenvalue weighted by Gasteiger charge is 2.15. The Balaban J connectivity index is 1.61. The van der Waals surface area contributed by atoms with Crippen LogP contribution in [0.5, 0.6) is 0 Å². The van der Waals surface area contributed by atoms with Crippen LogP contribution in [0.3, 0.4) is 0 Å². The predicted octanol–water partition coefficient (Wildman–Crippen LogP) is 1.74. The molecule has 19 heavy (non-hydrogen) atoms. The van der Waals surface area contributed by atoms with Gasteiger partial charge in [0.15, 0.2) is 0 Å². The summed E-state index contributed by atoms with van der Waals surface area (Å²) >= 11 is 0. The number of nitrogens with zero attached hydrogens (tertiary/aromatic N) is 2. The lowest BCUT2D eigenvalue weighted by Crippen LogP contribution is -2.25. The van der Waals surface area contributed by atoms with Crippen molar-refractivity contribution >= 4 is 0 Å². The minimum absolute atomic E-state index is 0.369. The third-order valence-corrected chi connectivity index (χ3v) is 3.38. The maximum absolute atomic E-state index is 5.59. The normalized spacial score (nSPS) is 18.8. The van der Waals surface area contributed by atoms with Crippen molar-refractivity contribution in [3.05, 3.63) is 36.3 Å². The topological polar surface area (TPSA) is 62.8 Å². The number of hydrogen-bond acceptors (Lipinski definition) is 4. The molecule has 3 heterocycles. The van der Waals surface area contributed by atoms with Gasteiger partial charge in [0.2, 0.25) is 0 Å². The standard InChI is InChI=1S/C14H18N4O/c1-3-11(7-15-5-1)14-12(9-17-18-14)8-16-10-13-4-2-6-19-13/h1,3,5,7,9,13,16H,2,4,6,8,10H2,(H,17,18)/t13-/m0/s1. The van der Waals surface area contributed by atoms with Crippen molar-refractivity contribution in [2.75, 3.05) is 13.2 Å². The Kier molecular flexibility index (Phi) is 3.86. The lowest BCUT2D eigenvalue weighted by Gasteiger charge is -2.10. The second-order valence-electron chi connectivity index (χ2n) is 4.78. The van der Waals surface area contributed by atoms with Gasteiger partial charge in [-0.15, -0.1) is 0 Å². The lowest BCUT2D eigenvalue weighted by molar-refractivity contribution is 0.110. The number of pyridine rings is 1. The van der Waals surface area contributed by atoms with Gasteiger partial charge in [-0.3, -0.25) is 10.1 Å². The van der Waals surface area contributed by atoms with Gasteiger partial charge in [0.05, 0.1) is 18.0 Å². The summed E-state index contributed by atoms with van der Waals surface area (Å²) in [5.74, 6) is 0. The Labute approximate surface area is 112 Å². The Morgan fingerprint density at radius 1 is 1.42 bits per heavy atom. The molecule has 0 bridgehead atoms. The van der Waals surface area contributed by atoms with Crippen molar-refractivity contribution in [3.8, 4) is 11.3 Å². The lowest BCUT2D eigenvalue weighted by atomic mass is 10.1. The zero-order valence-electron chi connectivity index (χ0n) is 10.8. The Morgan fingerprint density at radius 3 is 3.21 bits per heavy atom. The first-order valence-corrected chi connectivity index (χ1v) is 6.68. The molecule has 0 aromatic carbocycles. The highest BCUT2D eigenvalue weighted by molar-refractivity contribution is 5.61. The van der Waals surface area contributed by atoms with Crippen LogP contribution in [0, 0.1) is 0 Å². The first-order chi connectivity index (χ1) is 9.43. The molecule has 0 unspecified atom stereocenters. The van der Waals surface area contributed by atoms with Gasteiger partial charge in [0, 0.05) is 43.2 Å². The Bertz CT molecular complexity index is 505. The third kappa shape index (κ3) is 3.00. The molecular weight excluding hydrogens is 240 g/mol. The number of aromatic nitrogens is 3. The van der Waals surface area contributed by atoms with Crippen LogP contribution in [0.4, 0.5) is 0 Å². The zero-order valence-corrected chi connectivity index (χ0v) is 10.8. The first kappa shape index (κ1) is 12.3. The monoisotopic (exact) mass is 258 g/mol. The SMILES string of the molecule is c1cncc(-c2[nH]ncc2CNC[C@@H]2CCCO2)c1. The van der Waals surface area contributed by atoms with Crippen molar-refractivity contribution in [1.29, 1.82) is 0 Å². The molecule has 0 spiro atoms. The molecule has 0 radical (unpaired) electrons. The molecule has 1 fully saturated rings. The smallest absolute Gasteiger partial charge is 0.0710 e. The minimum Gasteiger partial charge on any atom is -0.377 e. The average Bonchev–Trinajstić information content (AvgIpc) is 3.11. The average molecular weight is 258 g/mol. The molecular formula is C14H18N4O. The third-order valence-electron chi connectivity index (χ3n) is 3.38. The van der Waals surface area contributed by atoms with E-state index in [1.54, 1.807) is 6.20 Å². The van der Waals surface area contributed by atoms with Crippen LogP contribution in [-0.2, 0) is 11.3 Å². The van der Waals surface area contributed by atoms with Crippen LogP contribution in [0.1, 0.15) is 18.4 Å². The molecule has 100 valence electrons. The van der Waals surface area contributed by atoms with Crippen LogP contribution >= 0.6 is 0 Å². The summed E-state index contributed by atoms with van der Waals surface area (Å²) in [6, 6.07) is 3.96. The zero-order chi connectivity index (χ0) is 12.9. The summed E-state index contributed by atoms with van der Waals surface area (Å²) in [6.07, 6.45) is 8.19. The van der Waals surface area contributed by atoms with E-state index in [2.05, 4.69) is 20.5 Å². The second kappa shape index (κ2) is 5.95. The van der Waals surface area contributed by atoms with Gasteiger partial charge in [-0.1, -0.05) is 0 Å². The molecule has 5 nitrogen and oxygen atoms in total. The van der Waals surface area contributed by atoms with Gasteiger partial charge in [0.25, 0.3) is 0 Å². The maximum Gasteiger partial charge on any atom is 0.0710 e. The van der Waals surface area contributed by atoms with E-state index < -0.39 is 0 Å². The quantitative estimate of drug-likeness (QED) is 0.857. The molecule has 1 aliphatic rings. The fraction of sp³-hybridized carbons (Fsp3) is 0.429. The van der Waals surface area contributed by atoms with Gasteiger partial charge in [-0.25, -0.2) is 0 Å². The number of rotatable bonds is 5. The van der Waals surface area contributed by atoms with Gasteiger partial charge < -0.3 is 10.1 Å². The second-order valence-corrected chi connectivity index (χ2v) is 4.78. The van der Waals surface area contributed by atoms with Crippen molar-refractivity contribution in [3.63, 3.8) is 0 Å². The van der Waals surface area contributed by atoms with Crippen LogP contribution in [0.15, 0.2) is 30.7 Å². The summed E-state index contributed by atoms with van der Waals surface area (Å²) in [7, 11) is 0. The van der Waals surface area contributed by atoms with Crippen LogP contribution in [-0.4, -0.2) is 34.4 Å². The number of ether oxygens (including phenoxy) is 1. The van der Waals surface area contributed by atoms with E-state index in [-0.39, 0.29) is 0 Å². The van der Waals surface area contributed by atoms with E-state index >= 15 is 0 Å². The molecule has 2 aromatic rings. The Hall–Kier alpha value is -1.72. The highest BCUT2D eigenvalue weighted by atomic mass is 16.5. The maximum atomic E-state index is 5.59.